The molecule has 0 radical (unpaired) electrons. The molecular weight excluding hydrogens is 404 g/mol. The first-order chi connectivity index (χ1) is 14.2. The molecule has 1 fully saturated rings. The van der Waals surface area contributed by atoms with Crippen molar-refractivity contribution in [3.05, 3.63) is 71.5 Å². The Labute approximate surface area is 180 Å². The lowest BCUT2D eigenvalue weighted by Gasteiger charge is -2.35. The minimum atomic E-state index is 0.111. The first-order valence-corrected chi connectivity index (χ1v) is 11.1. The van der Waals surface area contributed by atoms with Gasteiger partial charge in [-0.05, 0) is 36.1 Å². The number of amides is 1. The van der Waals surface area contributed by atoms with Gasteiger partial charge in [0.25, 0.3) is 5.91 Å². The molecule has 0 saturated carbocycles. The molecule has 1 aliphatic rings. The average Bonchev–Trinajstić information content (AvgIpc) is 3.24. The number of imidazole rings is 1. The minimum absolute atomic E-state index is 0.111. The lowest BCUT2D eigenvalue weighted by Crippen LogP contribution is -2.49. The lowest BCUT2D eigenvalue weighted by atomic mass is 10.2. The van der Waals surface area contributed by atoms with E-state index in [1.165, 1.54) is 0 Å². The summed E-state index contributed by atoms with van der Waals surface area (Å²) in [5.74, 6) is 1.94. The van der Waals surface area contributed by atoms with Gasteiger partial charge in [0.15, 0.2) is 0 Å². The molecule has 0 atom stereocenters. The highest BCUT2D eigenvalue weighted by atomic mass is 35.5. The summed E-state index contributed by atoms with van der Waals surface area (Å²) >= 11 is 7.87. The maximum Gasteiger partial charge on any atom is 0.255 e. The molecule has 4 rings (SSSR count). The van der Waals surface area contributed by atoms with Crippen molar-refractivity contribution in [2.24, 2.45) is 0 Å². The van der Waals surface area contributed by atoms with Gasteiger partial charge in [-0.15, -0.1) is 11.8 Å². The fourth-order valence-electron chi connectivity index (χ4n) is 3.56. The van der Waals surface area contributed by atoms with E-state index in [2.05, 4.69) is 16.8 Å². The molecule has 7 heteroatoms. The summed E-state index contributed by atoms with van der Waals surface area (Å²) < 4.78 is 2.04. The maximum atomic E-state index is 13.1. The zero-order chi connectivity index (χ0) is 20.2. The number of halogens is 1. The molecule has 5 nitrogen and oxygen atoms in total. The number of thioether (sulfide) groups is 1. The van der Waals surface area contributed by atoms with Crippen molar-refractivity contribution in [2.75, 3.05) is 36.8 Å². The normalized spacial score (nSPS) is 14.3. The van der Waals surface area contributed by atoms with Crippen LogP contribution in [0.1, 0.15) is 17.3 Å². The molecule has 2 aromatic carbocycles. The van der Waals surface area contributed by atoms with Gasteiger partial charge >= 0.3 is 0 Å². The fourth-order valence-corrected chi connectivity index (χ4v) is 4.54. The Kier molecular flexibility index (Phi) is 6.11. The fraction of sp³-hybridized carbons (Fsp3) is 0.273. The highest BCUT2D eigenvalue weighted by Crippen LogP contribution is 2.25. The van der Waals surface area contributed by atoms with E-state index in [-0.39, 0.29) is 5.91 Å². The second kappa shape index (κ2) is 8.93. The van der Waals surface area contributed by atoms with Crippen molar-refractivity contribution >= 4 is 35.2 Å². The molecule has 3 aromatic rings. The van der Waals surface area contributed by atoms with E-state index in [1.54, 1.807) is 18.0 Å². The van der Waals surface area contributed by atoms with Gasteiger partial charge < -0.3 is 9.80 Å². The molecule has 2 heterocycles. The number of hydrogen-bond donors (Lipinski definition) is 0. The Morgan fingerprint density at radius 1 is 1.10 bits per heavy atom. The first-order valence-electron chi connectivity index (χ1n) is 9.72. The largest absolute Gasteiger partial charge is 0.338 e. The number of rotatable bonds is 5. The molecule has 1 saturated heterocycles. The number of benzene rings is 2. The van der Waals surface area contributed by atoms with E-state index in [1.807, 2.05) is 64.2 Å². The highest BCUT2D eigenvalue weighted by molar-refractivity contribution is 7.99. The Morgan fingerprint density at radius 2 is 1.90 bits per heavy atom. The summed E-state index contributed by atoms with van der Waals surface area (Å²) in [6.07, 6.45) is 3.74. The van der Waals surface area contributed by atoms with Crippen molar-refractivity contribution < 1.29 is 4.79 Å². The van der Waals surface area contributed by atoms with Gasteiger partial charge in [0.2, 0.25) is 5.95 Å². The number of piperazine rings is 1. The van der Waals surface area contributed by atoms with E-state index < -0.39 is 0 Å². The number of carbonyl (C=O) groups is 1. The third kappa shape index (κ3) is 4.28. The topological polar surface area (TPSA) is 41.4 Å². The third-order valence-corrected chi connectivity index (χ3v) is 6.17. The van der Waals surface area contributed by atoms with Crippen molar-refractivity contribution in [3.63, 3.8) is 0 Å². The van der Waals surface area contributed by atoms with Crippen LogP contribution in [-0.4, -0.2) is 52.3 Å². The van der Waals surface area contributed by atoms with Crippen molar-refractivity contribution in [1.82, 2.24) is 14.5 Å². The Bertz CT molecular complexity index is 998. The van der Waals surface area contributed by atoms with Crippen LogP contribution in [0.2, 0.25) is 5.02 Å². The van der Waals surface area contributed by atoms with E-state index in [9.17, 15) is 4.79 Å². The monoisotopic (exact) mass is 426 g/mol. The van der Waals surface area contributed by atoms with Crippen LogP contribution in [0.15, 0.2) is 65.8 Å². The van der Waals surface area contributed by atoms with Crippen molar-refractivity contribution in [2.45, 2.75) is 11.8 Å². The van der Waals surface area contributed by atoms with Gasteiger partial charge in [0.05, 0.1) is 5.56 Å². The molecule has 150 valence electrons. The van der Waals surface area contributed by atoms with Gasteiger partial charge in [-0.3, -0.25) is 9.36 Å². The van der Waals surface area contributed by atoms with E-state index in [0.29, 0.717) is 18.1 Å². The summed E-state index contributed by atoms with van der Waals surface area (Å²) in [5, 5.41) is 0.696. The lowest BCUT2D eigenvalue weighted by molar-refractivity contribution is 0.0742. The molecule has 1 aliphatic heterocycles. The van der Waals surface area contributed by atoms with Crippen LogP contribution in [0.4, 0.5) is 5.95 Å². The SMILES string of the molecule is CCSc1ccccc1C(=O)N1CCN(c2nccn2-c2cccc(Cl)c2)CC1. The number of hydrogen-bond acceptors (Lipinski definition) is 4. The molecule has 29 heavy (non-hydrogen) atoms. The van der Waals surface area contributed by atoms with Gasteiger partial charge in [-0.1, -0.05) is 36.7 Å². The summed E-state index contributed by atoms with van der Waals surface area (Å²) in [6, 6.07) is 15.6. The molecule has 0 unspecified atom stereocenters. The molecule has 0 N–H and O–H groups in total. The molecule has 0 bridgehead atoms. The molecule has 0 spiro atoms. The summed E-state index contributed by atoms with van der Waals surface area (Å²) in [6.45, 7) is 4.93. The molecule has 1 aromatic heterocycles. The van der Waals surface area contributed by atoms with Crippen LogP contribution in [0.5, 0.6) is 0 Å². The zero-order valence-electron chi connectivity index (χ0n) is 16.3. The second-order valence-corrected chi connectivity index (χ2v) is 8.53. The van der Waals surface area contributed by atoms with Gasteiger partial charge in [0.1, 0.15) is 0 Å². The van der Waals surface area contributed by atoms with Crippen LogP contribution in [0.25, 0.3) is 5.69 Å². The number of aromatic nitrogens is 2. The number of nitrogens with zero attached hydrogens (tertiary/aromatic N) is 4. The Balaban J connectivity index is 1.47. The second-order valence-electron chi connectivity index (χ2n) is 6.79. The van der Waals surface area contributed by atoms with Crippen LogP contribution in [0.3, 0.4) is 0 Å². The summed E-state index contributed by atoms with van der Waals surface area (Å²) in [4.78, 5) is 22.8. The van der Waals surface area contributed by atoms with Gasteiger partial charge in [-0.25, -0.2) is 4.98 Å². The van der Waals surface area contributed by atoms with Gasteiger partial charge in [0, 0.05) is 54.2 Å². The van der Waals surface area contributed by atoms with Crippen molar-refractivity contribution in [3.8, 4) is 5.69 Å². The minimum Gasteiger partial charge on any atom is -0.338 e. The maximum absolute atomic E-state index is 13.1. The number of anilines is 1. The average molecular weight is 427 g/mol. The summed E-state index contributed by atoms with van der Waals surface area (Å²) in [5.41, 5.74) is 1.78. The Morgan fingerprint density at radius 3 is 2.66 bits per heavy atom. The predicted molar refractivity (Wildman–Crippen MR) is 120 cm³/mol. The van der Waals surface area contributed by atoms with E-state index in [0.717, 1.165) is 40.9 Å². The van der Waals surface area contributed by atoms with E-state index in [4.69, 9.17) is 11.6 Å². The quantitative estimate of drug-likeness (QED) is 0.559. The smallest absolute Gasteiger partial charge is 0.255 e. The molecule has 0 aliphatic carbocycles. The Hall–Kier alpha value is -2.44. The molecular formula is C22H23ClN4OS. The predicted octanol–water partition coefficient (Wildman–Crippen LogP) is 4.60. The van der Waals surface area contributed by atoms with Crippen LogP contribution >= 0.6 is 23.4 Å². The highest BCUT2D eigenvalue weighted by Gasteiger charge is 2.25. The first kappa shape index (κ1) is 19.9. The van der Waals surface area contributed by atoms with Crippen LogP contribution < -0.4 is 4.90 Å². The van der Waals surface area contributed by atoms with Crippen LogP contribution in [0, 0.1) is 0 Å². The van der Waals surface area contributed by atoms with Gasteiger partial charge in [-0.2, -0.15) is 0 Å². The standard InChI is InChI=1S/C22H23ClN4OS/c1-2-29-20-9-4-3-8-19(20)21(28)25-12-14-26(15-13-25)22-24-10-11-27(22)18-7-5-6-17(23)16-18/h3-11,16H,2,12-15H2,1H3. The third-order valence-electron chi connectivity index (χ3n) is 4.97. The van der Waals surface area contributed by atoms with Crippen LogP contribution in [-0.2, 0) is 0 Å². The molecule has 1 amide bonds. The summed E-state index contributed by atoms with van der Waals surface area (Å²) in [7, 11) is 0. The number of carbonyl (C=O) groups excluding carboxylic acids is 1. The van der Waals surface area contributed by atoms with E-state index >= 15 is 0 Å². The van der Waals surface area contributed by atoms with Crippen molar-refractivity contribution in [1.29, 1.82) is 0 Å². The zero-order valence-corrected chi connectivity index (χ0v) is 17.9.